The molecule has 8 heteroatoms. The van der Waals surface area contributed by atoms with Crippen LogP contribution in [0.1, 0.15) is 0 Å². The fraction of sp³-hybridized carbons (Fsp3) is 0.300. The summed E-state index contributed by atoms with van der Waals surface area (Å²) >= 11 is 9.03. The Morgan fingerprint density at radius 2 is 2.06 bits per heavy atom. The molecule has 0 saturated carbocycles. The molecule has 1 rings (SSSR count). The highest BCUT2D eigenvalue weighted by molar-refractivity contribution is 9.10. The van der Waals surface area contributed by atoms with E-state index in [-0.39, 0.29) is 0 Å². The third kappa shape index (κ3) is 5.70. The average molecular weight is 346 g/mol. The van der Waals surface area contributed by atoms with Crippen LogP contribution in [-0.2, 0) is 4.79 Å². The summed E-state index contributed by atoms with van der Waals surface area (Å²) in [7, 11) is 0. The molecule has 0 aliphatic rings. The van der Waals surface area contributed by atoms with E-state index in [0.29, 0.717) is 10.7 Å². The number of hydrogen-bond acceptors (Lipinski definition) is 2. The fourth-order valence-corrected chi connectivity index (χ4v) is 1.82. The summed E-state index contributed by atoms with van der Waals surface area (Å²) < 4.78 is 36.2. The normalized spacial score (nSPS) is 11.4. The Balaban J connectivity index is 2.45. The van der Waals surface area contributed by atoms with Gasteiger partial charge in [-0.2, -0.15) is 13.2 Å². The molecule has 0 aliphatic heterocycles. The van der Waals surface area contributed by atoms with Gasteiger partial charge in [-0.3, -0.25) is 4.79 Å². The Kier molecular flexibility index (Phi) is 5.43. The molecule has 0 fully saturated rings. The van der Waals surface area contributed by atoms with Gasteiger partial charge in [0.1, 0.15) is 0 Å². The molecular weight excluding hydrogens is 336 g/mol. The SMILES string of the molecule is O=C(CNCC(F)(F)F)Nc1ccc(Br)cc1Cl. The highest BCUT2D eigenvalue weighted by Gasteiger charge is 2.26. The third-order valence-corrected chi connectivity index (χ3v) is 2.62. The molecule has 0 aliphatic carbocycles. The van der Waals surface area contributed by atoms with Crippen LogP contribution in [0, 0.1) is 0 Å². The van der Waals surface area contributed by atoms with Gasteiger partial charge in [-0.1, -0.05) is 27.5 Å². The van der Waals surface area contributed by atoms with Crippen molar-refractivity contribution in [3.8, 4) is 0 Å². The molecule has 18 heavy (non-hydrogen) atoms. The van der Waals surface area contributed by atoms with Crippen LogP contribution in [0.15, 0.2) is 22.7 Å². The number of hydrogen-bond donors (Lipinski definition) is 2. The van der Waals surface area contributed by atoms with Gasteiger partial charge in [-0.15, -0.1) is 0 Å². The van der Waals surface area contributed by atoms with E-state index in [2.05, 4.69) is 21.2 Å². The maximum absolute atomic E-state index is 11.8. The minimum Gasteiger partial charge on any atom is -0.324 e. The number of carbonyl (C=O) groups excluding carboxylic acids is 1. The van der Waals surface area contributed by atoms with Crippen LogP contribution in [0.5, 0.6) is 0 Å². The fourth-order valence-electron chi connectivity index (χ4n) is 1.10. The van der Waals surface area contributed by atoms with Crippen molar-refractivity contribution in [2.45, 2.75) is 6.18 Å². The molecule has 0 spiro atoms. The lowest BCUT2D eigenvalue weighted by Crippen LogP contribution is -2.35. The van der Waals surface area contributed by atoms with Crippen LogP contribution < -0.4 is 10.6 Å². The zero-order chi connectivity index (χ0) is 13.8. The summed E-state index contributed by atoms with van der Waals surface area (Å²) in [6.07, 6.45) is -4.34. The first-order valence-electron chi connectivity index (χ1n) is 4.80. The van der Waals surface area contributed by atoms with Crippen LogP contribution in [0.3, 0.4) is 0 Å². The van der Waals surface area contributed by atoms with Crippen molar-refractivity contribution in [1.82, 2.24) is 5.32 Å². The number of rotatable bonds is 4. The van der Waals surface area contributed by atoms with Crippen molar-refractivity contribution in [2.24, 2.45) is 0 Å². The molecule has 0 heterocycles. The number of halogens is 5. The second-order valence-corrected chi connectivity index (χ2v) is 4.71. The first-order valence-corrected chi connectivity index (χ1v) is 5.97. The zero-order valence-corrected chi connectivity index (χ0v) is 11.3. The Morgan fingerprint density at radius 3 is 2.61 bits per heavy atom. The van der Waals surface area contributed by atoms with Gasteiger partial charge in [-0.25, -0.2) is 0 Å². The summed E-state index contributed by atoms with van der Waals surface area (Å²) in [5.74, 6) is -0.594. The van der Waals surface area contributed by atoms with Crippen molar-refractivity contribution in [3.05, 3.63) is 27.7 Å². The van der Waals surface area contributed by atoms with Gasteiger partial charge < -0.3 is 10.6 Å². The molecule has 1 amide bonds. The second kappa shape index (κ2) is 6.40. The quantitative estimate of drug-likeness (QED) is 0.880. The number of benzene rings is 1. The second-order valence-electron chi connectivity index (χ2n) is 3.39. The van der Waals surface area contributed by atoms with Gasteiger partial charge in [-0.05, 0) is 18.2 Å². The molecule has 0 atom stereocenters. The standard InChI is InChI=1S/C10H9BrClF3N2O/c11-6-1-2-8(7(12)3-6)17-9(18)4-16-5-10(13,14)15/h1-3,16H,4-5H2,(H,17,18). The topological polar surface area (TPSA) is 41.1 Å². The minimum atomic E-state index is -4.34. The Labute approximate surface area is 115 Å². The van der Waals surface area contributed by atoms with Crippen molar-refractivity contribution in [3.63, 3.8) is 0 Å². The minimum absolute atomic E-state index is 0.300. The highest BCUT2D eigenvalue weighted by Crippen LogP contribution is 2.25. The molecule has 100 valence electrons. The molecule has 2 N–H and O–H groups in total. The number of carbonyl (C=O) groups is 1. The monoisotopic (exact) mass is 344 g/mol. The van der Waals surface area contributed by atoms with Crippen LogP contribution in [-0.4, -0.2) is 25.2 Å². The van der Waals surface area contributed by atoms with E-state index in [0.717, 1.165) is 4.47 Å². The maximum atomic E-state index is 11.8. The highest BCUT2D eigenvalue weighted by atomic mass is 79.9. The Morgan fingerprint density at radius 1 is 1.39 bits per heavy atom. The summed E-state index contributed by atoms with van der Waals surface area (Å²) in [5, 5.41) is 4.69. The van der Waals surface area contributed by atoms with Crippen LogP contribution >= 0.6 is 27.5 Å². The molecule has 3 nitrogen and oxygen atoms in total. The van der Waals surface area contributed by atoms with Crippen LogP contribution in [0.4, 0.5) is 18.9 Å². The van der Waals surface area contributed by atoms with Gasteiger partial charge in [0.2, 0.25) is 5.91 Å². The molecule has 1 aromatic carbocycles. The summed E-state index contributed by atoms with van der Waals surface area (Å²) in [4.78, 5) is 11.3. The summed E-state index contributed by atoms with van der Waals surface area (Å²) in [5.41, 5.74) is 0.346. The van der Waals surface area contributed by atoms with Crippen LogP contribution in [0.2, 0.25) is 5.02 Å². The largest absolute Gasteiger partial charge is 0.401 e. The van der Waals surface area contributed by atoms with Crippen LogP contribution in [0.25, 0.3) is 0 Å². The molecule has 0 unspecified atom stereocenters. The van der Waals surface area contributed by atoms with Crippen molar-refractivity contribution < 1.29 is 18.0 Å². The first kappa shape index (κ1) is 15.3. The van der Waals surface area contributed by atoms with E-state index in [1.54, 1.807) is 18.2 Å². The van der Waals surface area contributed by atoms with Crippen molar-refractivity contribution >= 4 is 39.1 Å². The molecule has 0 saturated heterocycles. The number of alkyl halides is 3. The number of amides is 1. The zero-order valence-electron chi connectivity index (χ0n) is 8.94. The third-order valence-electron chi connectivity index (χ3n) is 1.82. The number of anilines is 1. The smallest absolute Gasteiger partial charge is 0.324 e. The number of nitrogens with one attached hydrogen (secondary N) is 2. The van der Waals surface area contributed by atoms with E-state index >= 15 is 0 Å². The van der Waals surface area contributed by atoms with E-state index in [1.165, 1.54) is 0 Å². The predicted octanol–water partition coefficient (Wildman–Crippen LogP) is 3.19. The van der Waals surface area contributed by atoms with Gasteiger partial charge in [0.15, 0.2) is 0 Å². The Hall–Kier alpha value is -0.790. The van der Waals surface area contributed by atoms with Gasteiger partial charge in [0, 0.05) is 4.47 Å². The first-order chi connectivity index (χ1) is 8.28. The molecule has 0 bridgehead atoms. The van der Waals surface area contributed by atoms with E-state index in [4.69, 9.17) is 11.6 Å². The average Bonchev–Trinajstić information content (AvgIpc) is 2.20. The maximum Gasteiger partial charge on any atom is 0.401 e. The van der Waals surface area contributed by atoms with Crippen molar-refractivity contribution in [2.75, 3.05) is 18.4 Å². The van der Waals surface area contributed by atoms with Gasteiger partial charge in [0.05, 0.1) is 23.8 Å². The molecule has 0 radical (unpaired) electrons. The molecular formula is C10H9BrClF3N2O. The molecule has 0 aromatic heterocycles. The molecule has 1 aromatic rings. The van der Waals surface area contributed by atoms with E-state index in [9.17, 15) is 18.0 Å². The Bertz CT molecular complexity index is 440. The summed E-state index contributed by atoms with van der Waals surface area (Å²) in [6.45, 7) is -1.65. The lowest BCUT2D eigenvalue weighted by Gasteiger charge is -2.10. The lowest BCUT2D eigenvalue weighted by molar-refractivity contribution is -0.126. The van der Waals surface area contributed by atoms with E-state index < -0.39 is 25.2 Å². The van der Waals surface area contributed by atoms with E-state index in [1.807, 2.05) is 5.32 Å². The summed E-state index contributed by atoms with van der Waals surface area (Å²) in [6, 6.07) is 4.78. The predicted molar refractivity (Wildman–Crippen MR) is 66.7 cm³/mol. The van der Waals surface area contributed by atoms with Crippen molar-refractivity contribution in [1.29, 1.82) is 0 Å². The van der Waals surface area contributed by atoms with Gasteiger partial charge in [0.25, 0.3) is 0 Å². The lowest BCUT2D eigenvalue weighted by atomic mass is 10.3. The van der Waals surface area contributed by atoms with Gasteiger partial charge >= 0.3 is 6.18 Å².